The van der Waals surface area contributed by atoms with Crippen LogP contribution in [0.25, 0.3) is 0 Å². The zero-order valence-electron chi connectivity index (χ0n) is 8.53. The molecule has 0 heteroatoms. The molecule has 0 nitrogen and oxygen atoms in total. The van der Waals surface area contributed by atoms with Crippen LogP contribution in [0.3, 0.4) is 0 Å². The molecule has 0 saturated carbocycles. The first-order chi connectivity index (χ1) is 6.27. The van der Waals surface area contributed by atoms with E-state index >= 15 is 0 Å². The van der Waals surface area contributed by atoms with Gasteiger partial charge in [0, 0.05) is 5.92 Å². The lowest BCUT2D eigenvalue weighted by Crippen LogP contribution is -2.13. The average molecular weight is 174 g/mol. The summed E-state index contributed by atoms with van der Waals surface area (Å²) in [5.41, 5.74) is 1.55. The van der Waals surface area contributed by atoms with Crippen LogP contribution in [-0.4, -0.2) is 0 Å². The monoisotopic (exact) mass is 174 g/mol. The number of allylic oxidation sites excluding steroid dienone is 6. The predicted molar refractivity (Wildman–Crippen MR) is 57.4 cm³/mol. The summed E-state index contributed by atoms with van der Waals surface area (Å²) < 4.78 is 0. The van der Waals surface area contributed by atoms with Crippen molar-refractivity contribution in [3.8, 4) is 0 Å². The summed E-state index contributed by atoms with van der Waals surface area (Å²) in [7, 11) is 0. The van der Waals surface area contributed by atoms with E-state index < -0.39 is 0 Å². The van der Waals surface area contributed by atoms with Crippen molar-refractivity contribution in [3.63, 3.8) is 0 Å². The fourth-order valence-electron chi connectivity index (χ4n) is 2.13. The summed E-state index contributed by atoms with van der Waals surface area (Å²) >= 11 is 0. The molecule has 0 bridgehead atoms. The Hall–Kier alpha value is -0.780. The van der Waals surface area contributed by atoms with E-state index in [4.69, 9.17) is 0 Å². The molecule has 0 aromatic carbocycles. The lowest BCUT2D eigenvalue weighted by Gasteiger charge is -2.26. The molecule has 2 aliphatic rings. The topological polar surface area (TPSA) is 0 Å². The van der Waals surface area contributed by atoms with E-state index in [9.17, 15) is 0 Å². The maximum absolute atomic E-state index is 2.45. The van der Waals surface area contributed by atoms with Gasteiger partial charge in [0.05, 0.1) is 0 Å². The summed E-state index contributed by atoms with van der Waals surface area (Å²) in [5.74, 6) is 2.12. The second-order valence-electron chi connectivity index (χ2n) is 4.46. The molecule has 2 rings (SSSR count). The van der Waals surface area contributed by atoms with Crippen molar-refractivity contribution in [2.45, 2.75) is 26.7 Å². The predicted octanol–water partition coefficient (Wildman–Crippen LogP) is 3.72. The maximum atomic E-state index is 2.45. The van der Waals surface area contributed by atoms with E-state index in [1.807, 2.05) is 0 Å². The Labute approximate surface area is 81.0 Å². The Balaban J connectivity index is 2.20. The van der Waals surface area contributed by atoms with Gasteiger partial charge in [-0.1, -0.05) is 44.2 Å². The molecule has 0 amide bonds. The van der Waals surface area contributed by atoms with E-state index in [-0.39, 0.29) is 0 Å². The van der Waals surface area contributed by atoms with E-state index in [0.29, 0.717) is 5.92 Å². The van der Waals surface area contributed by atoms with Gasteiger partial charge in [-0.2, -0.15) is 0 Å². The van der Waals surface area contributed by atoms with Gasteiger partial charge >= 0.3 is 0 Å². The molecular weight excluding hydrogens is 156 g/mol. The third kappa shape index (κ3) is 1.77. The Morgan fingerprint density at radius 3 is 2.92 bits per heavy atom. The molecule has 0 aromatic heterocycles. The molecule has 0 N–H and O–H groups in total. The highest BCUT2D eigenvalue weighted by Crippen LogP contribution is 2.32. The third-order valence-corrected chi connectivity index (χ3v) is 3.10. The average Bonchev–Trinajstić information content (AvgIpc) is 2.17. The van der Waals surface area contributed by atoms with Crippen molar-refractivity contribution in [1.29, 1.82) is 0 Å². The molecule has 0 spiro atoms. The van der Waals surface area contributed by atoms with E-state index in [1.165, 1.54) is 12.8 Å². The molecule has 2 unspecified atom stereocenters. The first kappa shape index (κ1) is 8.80. The van der Waals surface area contributed by atoms with Crippen molar-refractivity contribution >= 4 is 0 Å². The van der Waals surface area contributed by atoms with Gasteiger partial charge in [-0.05, 0) is 30.3 Å². The molecule has 0 aromatic rings. The fourth-order valence-corrected chi connectivity index (χ4v) is 2.13. The molecule has 0 heterocycles. The lowest BCUT2D eigenvalue weighted by atomic mass is 9.79. The van der Waals surface area contributed by atoms with Crippen LogP contribution >= 0.6 is 0 Å². The Morgan fingerprint density at radius 2 is 2.15 bits per heavy atom. The van der Waals surface area contributed by atoms with Crippen LogP contribution in [0, 0.1) is 17.8 Å². The molecule has 70 valence electrons. The van der Waals surface area contributed by atoms with Gasteiger partial charge in [0.2, 0.25) is 0 Å². The van der Waals surface area contributed by atoms with Gasteiger partial charge in [0.25, 0.3) is 0 Å². The second-order valence-corrected chi connectivity index (χ2v) is 4.46. The van der Waals surface area contributed by atoms with Crippen LogP contribution in [0.15, 0.2) is 36.0 Å². The first-order valence-corrected chi connectivity index (χ1v) is 5.34. The van der Waals surface area contributed by atoms with Crippen molar-refractivity contribution in [2.24, 2.45) is 17.8 Å². The van der Waals surface area contributed by atoms with Crippen LogP contribution < -0.4 is 0 Å². The standard InChI is InChI=1S/C13H18/c1-10(2)12-8-7-11-5-3-4-6-13(11)9-12/h4,6-12H,3,5H2,1-2H3. The maximum Gasteiger partial charge on any atom is 0.00180 e. The van der Waals surface area contributed by atoms with Gasteiger partial charge in [0.15, 0.2) is 0 Å². The summed E-state index contributed by atoms with van der Waals surface area (Å²) in [4.78, 5) is 0. The molecule has 13 heavy (non-hydrogen) atoms. The highest BCUT2D eigenvalue weighted by molar-refractivity contribution is 5.33. The second kappa shape index (κ2) is 3.53. The summed E-state index contributed by atoms with van der Waals surface area (Å²) in [6.07, 6.45) is 14.4. The summed E-state index contributed by atoms with van der Waals surface area (Å²) in [6, 6.07) is 0. The van der Waals surface area contributed by atoms with E-state index in [0.717, 1.165) is 11.8 Å². The van der Waals surface area contributed by atoms with Crippen LogP contribution in [-0.2, 0) is 0 Å². The van der Waals surface area contributed by atoms with Crippen LogP contribution in [0.5, 0.6) is 0 Å². The molecule has 2 atom stereocenters. The van der Waals surface area contributed by atoms with Crippen molar-refractivity contribution < 1.29 is 0 Å². The highest BCUT2D eigenvalue weighted by Gasteiger charge is 2.19. The first-order valence-electron chi connectivity index (χ1n) is 5.34. The largest absolute Gasteiger partial charge is 0.0842 e. The fraction of sp³-hybridized carbons (Fsp3) is 0.538. The Bertz CT molecular complexity index is 266. The van der Waals surface area contributed by atoms with Gasteiger partial charge in [-0.3, -0.25) is 0 Å². The van der Waals surface area contributed by atoms with Crippen LogP contribution in [0.2, 0.25) is 0 Å². The number of hydrogen-bond acceptors (Lipinski definition) is 0. The third-order valence-electron chi connectivity index (χ3n) is 3.10. The van der Waals surface area contributed by atoms with Gasteiger partial charge in [0.1, 0.15) is 0 Å². The van der Waals surface area contributed by atoms with Crippen molar-refractivity contribution in [2.75, 3.05) is 0 Å². The Kier molecular flexibility index (Phi) is 2.39. The smallest absolute Gasteiger partial charge is 0.00180 e. The summed E-state index contributed by atoms with van der Waals surface area (Å²) in [5, 5.41) is 0. The molecule has 0 radical (unpaired) electrons. The summed E-state index contributed by atoms with van der Waals surface area (Å²) in [6.45, 7) is 4.58. The minimum atomic E-state index is 0.661. The zero-order chi connectivity index (χ0) is 9.26. The highest BCUT2D eigenvalue weighted by atomic mass is 14.2. The van der Waals surface area contributed by atoms with Gasteiger partial charge in [-0.25, -0.2) is 0 Å². The van der Waals surface area contributed by atoms with Crippen molar-refractivity contribution in [3.05, 3.63) is 36.0 Å². The van der Waals surface area contributed by atoms with Gasteiger partial charge < -0.3 is 0 Å². The number of rotatable bonds is 1. The zero-order valence-corrected chi connectivity index (χ0v) is 8.53. The van der Waals surface area contributed by atoms with Gasteiger partial charge in [-0.15, -0.1) is 0 Å². The molecule has 2 aliphatic carbocycles. The van der Waals surface area contributed by atoms with Crippen LogP contribution in [0.4, 0.5) is 0 Å². The molecule has 0 aliphatic heterocycles. The molecule has 0 saturated heterocycles. The normalized spacial score (nSPS) is 31.8. The molecular formula is C13H18. The van der Waals surface area contributed by atoms with Crippen molar-refractivity contribution in [1.82, 2.24) is 0 Å². The quantitative estimate of drug-likeness (QED) is 0.531. The van der Waals surface area contributed by atoms with Crippen LogP contribution in [0.1, 0.15) is 26.7 Å². The SMILES string of the molecule is CC(C)C1C=CC2CCC=CC2=C1. The Morgan fingerprint density at radius 1 is 1.31 bits per heavy atom. The van der Waals surface area contributed by atoms with E-state index in [1.54, 1.807) is 5.57 Å². The lowest BCUT2D eigenvalue weighted by molar-refractivity contribution is 0.524. The molecule has 0 fully saturated rings. The number of fused-ring (bicyclic) bond motifs is 1. The number of hydrogen-bond donors (Lipinski definition) is 0. The minimum Gasteiger partial charge on any atom is -0.0842 e. The van der Waals surface area contributed by atoms with E-state index in [2.05, 4.69) is 44.2 Å². The minimum absolute atomic E-state index is 0.661.